The Bertz CT molecular complexity index is 853. The molecule has 1 fully saturated rings. The molecule has 142 valence electrons. The molecule has 5 nitrogen and oxygen atoms in total. The van der Waals surface area contributed by atoms with Crippen LogP contribution in [0.15, 0.2) is 42.5 Å². The van der Waals surface area contributed by atoms with E-state index in [4.69, 9.17) is 0 Å². The van der Waals surface area contributed by atoms with Crippen LogP contribution in [0.3, 0.4) is 0 Å². The second-order valence-corrected chi connectivity index (χ2v) is 6.61. The van der Waals surface area contributed by atoms with Gasteiger partial charge in [0.1, 0.15) is 11.6 Å². The number of anilines is 1. The molecule has 0 heterocycles. The van der Waals surface area contributed by atoms with Crippen molar-refractivity contribution in [3.8, 4) is 0 Å². The molecular formula is C20H21F2N3O2. The van der Waals surface area contributed by atoms with Crippen LogP contribution in [0.25, 0.3) is 0 Å². The Kier molecular flexibility index (Phi) is 5.81. The normalized spacial score (nSPS) is 14.5. The number of carbonyl (C=O) groups excluding carboxylic acids is 2. The fourth-order valence-electron chi connectivity index (χ4n) is 2.68. The molecule has 0 unspecified atom stereocenters. The Morgan fingerprint density at radius 2 is 1.89 bits per heavy atom. The fourth-order valence-corrected chi connectivity index (χ4v) is 2.68. The van der Waals surface area contributed by atoms with E-state index in [1.54, 1.807) is 31.2 Å². The molecule has 1 atom stereocenters. The minimum absolute atomic E-state index is 0.0867. The van der Waals surface area contributed by atoms with Gasteiger partial charge in [0.25, 0.3) is 5.91 Å². The molecular weight excluding hydrogens is 352 g/mol. The van der Waals surface area contributed by atoms with Gasteiger partial charge in [0.15, 0.2) is 0 Å². The van der Waals surface area contributed by atoms with Gasteiger partial charge in [0.05, 0.1) is 17.8 Å². The number of carbonyl (C=O) groups is 2. The lowest BCUT2D eigenvalue weighted by Gasteiger charge is -2.16. The summed E-state index contributed by atoms with van der Waals surface area (Å²) in [6.07, 6.45) is 1.95. The summed E-state index contributed by atoms with van der Waals surface area (Å²) in [5.41, 5.74) is 1.09. The molecule has 3 rings (SSSR count). The standard InChI is InChI=1S/C20H21F2N3O2/c1-12(15-9-6-13(21)10-17(15)22)23-11-19(26)25-18-5-3-2-4-16(18)20(27)24-14-7-8-14/h2-6,9-10,12,14,23H,7-8,11H2,1H3,(H,24,27)(H,25,26)/t12-/m1/s1. The van der Waals surface area contributed by atoms with E-state index in [1.807, 2.05) is 0 Å². The summed E-state index contributed by atoms with van der Waals surface area (Å²) in [6.45, 7) is 1.59. The number of hydrogen-bond acceptors (Lipinski definition) is 3. The summed E-state index contributed by atoms with van der Waals surface area (Å²) in [5, 5.41) is 8.48. The van der Waals surface area contributed by atoms with Gasteiger partial charge in [-0.25, -0.2) is 8.78 Å². The average Bonchev–Trinajstić information content (AvgIpc) is 3.44. The van der Waals surface area contributed by atoms with Crippen LogP contribution in [-0.2, 0) is 4.79 Å². The van der Waals surface area contributed by atoms with Gasteiger partial charge in [-0.3, -0.25) is 9.59 Å². The third kappa shape index (κ3) is 5.10. The summed E-state index contributed by atoms with van der Waals surface area (Å²) in [5.74, 6) is -1.90. The van der Waals surface area contributed by atoms with Gasteiger partial charge < -0.3 is 16.0 Å². The highest BCUT2D eigenvalue weighted by molar-refractivity contribution is 6.04. The summed E-state index contributed by atoms with van der Waals surface area (Å²) < 4.78 is 26.8. The molecule has 7 heteroatoms. The zero-order valence-corrected chi connectivity index (χ0v) is 14.9. The summed E-state index contributed by atoms with van der Waals surface area (Å²) >= 11 is 0. The van der Waals surface area contributed by atoms with Crippen LogP contribution in [0.2, 0.25) is 0 Å². The molecule has 0 saturated heterocycles. The Labute approximate surface area is 156 Å². The first-order valence-corrected chi connectivity index (χ1v) is 8.82. The smallest absolute Gasteiger partial charge is 0.253 e. The molecule has 0 aliphatic heterocycles. The second kappa shape index (κ2) is 8.26. The minimum atomic E-state index is -0.669. The van der Waals surface area contributed by atoms with Crippen molar-refractivity contribution >= 4 is 17.5 Å². The van der Waals surface area contributed by atoms with E-state index in [0.29, 0.717) is 11.3 Å². The van der Waals surface area contributed by atoms with Gasteiger partial charge >= 0.3 is 0 Å². The number of amides is 2. The second-order valence-electron chi connectivity index (χ2n) is 6.61. The molecule has 2 aromatic rings. The lowest BCUT2D eigenvalue weighted by molar-refractivity contribution is -0.115. The molecule has 3 N–H and O–H groups in total. The van der Waals surface area contributed by atoms with Gasteiger partial charge in [0.2, 0.25) is 5.91 Å². The molecule has 0 bridgehead atoms. The summed E-state index contributed by atoms with van der Waals surface area (Å²) in [4.78, 5) is 24.5. The summed E-state index contributed by atoms with van der Waals surface area (Å²) in [7, 11) is 0. The minimum Gasteiger partial charge on any atom is -0.349 e. The highest BCUT2D eigenvalue weighted by Gasteiger charge is 2.25. The van der Waals surface area contributed by atoms with E-state index >= 15 is 0 Å². The monoisotopic (exact) mass is 373 g/mol. The van der Waals surface area contributed by atoms with Gasteiger partial charge in [-0.15, -0.1) is 0 Å². The van der Waals surface area contributed by atoms with Crippen LogP contribution in [0.5, 0.6) is 0 Å². The lowest BCUT2D eigenvalue weighted by Crippen LogP contribution is -2.32. The van der Waals surface area contributed by atoms with Gasteiger partial charge in [0, 0.05) is 23.7 Å². The highest BCUT2D eigenvalue weighted by atomic mass is 19.1. The topological polar surface area (TPSA) is 70.2 Å². The zero-order valence-electron chi connectivity index (χ0n) is 14.9. The van der Waals surface area contributed by atoms with Crippen molar-refractivity contribution in [2.24, 2.45) is 0 Å². The Morgan fingerprint density at radius 3 is 2.59 bits per heavy atom. The number of rotatable bonds is 7. The molecule has 0 radical (unpaired) electrons. The summed E-state index contributed by atoms with van der Waals surface area (Å²) in [6, 6.07) is 9.83. The lowest BCUT2D eigenvalue weighted by atomic mass is 10.1. The van der Waals surface area contributed by atoms with E-state index < -0.39 is 17.7 Å². The predicted octanol–water partition coefficient (Wildman–Crippen LogP) is 3.15. The van der Waals surface area contributed by atoms with Crippen LogP contribution < -0.4 is 16.0 Å². The number of benzene rings is 2. The first-order chi connectivity index (χ1) is 12.9. The van der Waals surface area contributed by atoms with E-state index in [2.05, 4.69) is 16.0 Å². The maximum atomic E-state index is 13.8. The average molecular weight is 373 g/mol. The van der Waals surface area contributed by atoms with Crippen LogP contribution >= 0.6 is 0 Å². The molecule has 1 saturated carbocycles. The zero-order chi connectivity index (χ0) is 19.4. The van der Waals surface area contributed by atoms with Crippen LogP contribution in [0.1, 0.15) is 41.7 Å². The van der Waals surface area contributed by atoms with Crippen molar-refractivity contribution in [2.45, 2.75) is 31.8 Å². The number of para-hydroxylation sites is 1. The largest absolute Gasteiger partial charge is 0.349 e. The van der Waals surface area contributed by atoms with Crippen molar-refractivity contribution in [1.82, 2.24) is 10.6 Å². The molecule has 1 aliphatic carbocycles. The Hall–Kier alpha value is -2.80. The quantitative estimate of drug-likeness (QED) is 0.698. The number of halogens is 2. The van der Waals surface area contributed by atoms with E-state index in [0.717, 1.165) is 18.9 Å². The molecule has 0 spiro atoms. The van der Waals surface area contributed by atoms with Gasteiger partial charge in [-0.1, -0.05) is 18.2 Å². The number of hydrogen-bond donors (Lipinski definition) is 3. The van der Waals surface area contributed by atoms with E-state index in [1.165, 1.54) is 12.1 Å². The third-order valence-electron chi connectivity index (χ3n) is 4.36. The van der Waals surface area contributed by atoms with Crippen molar-refractivity contribution < 1.29 is 18.4 Å². The maximum Gasteiger partial charge on any atom is 0.253 e. The Balaban J connectivity index is 1.58. The fraction of sp³-hybridized carbons (Fsp3) is 0.300. The molecule has 27 heavy (non-hydrogen) atoms. The predicted molar refractivity (Wildman–Crippen MR) is 98.3 cm³/mol. The van der Waals surface area contributed by atoms with Crippen molar-refractivity contribution in [3.05, 3.63) is 65.2 Å². The van der Waals surface area contributed by atoms with Crippen molar-refractivity contribution in [3.63, 3.8) is 0 Å². The first kappa shape index (κ1) is 19.0. The van der Waals surface area contributed by atoms with Gasteiger partial charge in [-0.2, -0.15) is 0 Å². The first-order valence-electron chi connectivity index (χ1n) is 8.82. The highest BCUT2D eigenvalue weighted by Crippen LogP contribution is 2.22. The van der Waals surface area contributed by atoms with E-state index in [9.17, 15) is 18.4 Å². The van der Waals surface area contributed by atoms with Crippen molar-refractivity contribution in [2.75, 3.05) is 11.9 Å². The molecule has 1 aliphatic rings. The van der Waals surface area contributed by atoms with Gasteiger partial charge in [-0.05, 0) is 38.0 Å². The Morgan fingerprint density at radius 1 is 1.15 bits per heavy atom. The van der Waals surface area contributed by atoms with E-state index in [-0.39, 0.29) is 30.0 Å². The number of nitrogens with one attached hydrogen (secondary N) is 3. The van der Waals surface area contributed by atoms with Crippen LogP contribution in [0, 0.1) is 11.6 Å². The van der Waals surface area contributed by atoms with Crippen LogP contribution in [0.4, 0.5) is 14.5 Å². The SMILES string of the molecule is C[C@@H](NCC(=O)Nc1ccccc1C(=O)NC1CC1)c1ccc(F)cc1F. The maximum absolute atomic E-state index is 13.8. The van der Waals surface area contributed by atoms with Crippen molar-refractivity contribution in [1.29, 1.82) is 0 Å². The molecule has 2 aromatic carbocycles. The van der Waals surface area contributed by atoms with Crippen LogP contribution in [-0.4, -0.2) is 24.4 Å². The molecule has 0 aromatic heterocycles. The third-order valence-corrected chi connectivity index (χ3v) is 4.36. The molecule has 2 amide bonds.